The molecule has 1 amide bonds. The number of furan rings is 1. The molecule has 0 radical (unpaired) electrons. The molecule has 0 bridgehead atoms. The quantitative estimate of drug-likeness (QED) is 0.869. The third-order valence-corrected chi connectivity index (χ3v) is 3.51. The Labute approximate surface area is 112 Å². The molecule has 0 aliphatic carbocycles. The van der Waals surface area contributed by atoms with Crippen molar-refractivity contribution in [2.45, 2.75) is 32.2 Å². The number of benzene rings is 1. The molecule has 2 N–H and O–H groups in total. The number of aliphatic hydroxyl groups excluding tert-OH is 1. The molecule has 0 aliphatic rings. The minimum Gasteiger partial charge on any atom is -0.451 e. The Morgan fingerprint density at radius 2 is 2.16 bits per heavy atom. The van der Waals surface area contributed by atoms with E-state index >= 15 is 0 Å². The highest BCUT2D eigenvalue weighted by Crippen LogP contribution is 2.20. The summed E-state index contributed by atoms with van der Waals surface area (Å²) in [5.41, 5.74) is 0.290. The number of fused-ring (bicyclic) bond motifs is 1. The summed E-state index contributed by atoms with van der Waals surface area (Å²) in [6, 6.07) is 9.25. The van der Waals surface area contributed by atoms with Gasteiger partial charge in [-0.25, -0.2) is 0 Å². The van der Waals surface area contributed by atoms with E-state index in [1.54, 1.807) is 6.07 Å². The molecule has 4 heteroatoms. The molecule has 2 rings (SSSR count). The fourth-order valence-electron chi connectivity index (χ4n) is 2.00. The van der Waals surface area contributed by atoms with Crippen LogP contribution in [0.25, 0.3) is 11.0 Å². The number of carbonyl (C=O) groups is 1. The Morgan fingerprint density at radius 1 is 1.42 bits per heavy atom. The molecule has 0 unspecified atom stereocenters. The molecule has 0 spiro atoms. The van der Waals surface area contributed by atoms with Gasteiger partial charge >= 0.3 is 0 Å². The van der Waals surface area contributed by atoms with E-state index in [0.29, 0.717) is 17.8 Å². The van der Waals surface area contributed by atoms with Crippen molar-refractivity contribution in [3.8, 4) is 0 Å². The van der Waals surface area contributed by atoms with Crippen molar-refractivity contribution in [2.75, 3.05) is 6.61 Å². The number of amides is 1. The lowest BCUT2D eigenvalue weighted by atomic mass is 9.95. The number of carbonyl (C=O) groups excluding carboxylic acids is 1. The van der Waals surface area contributed by atoms with Gasteiger partial charge in [0.1, 0.15) is 5.58 Å². The first kappa shape index (κ1) is 13.6. The van der Waals surface area contributed by atoms with Gasteiger partial charge in [0.05, 0.1) is 0 Å². The molecular weight excluding hydrogens is 242 g/mol. The molecule has 1 atom stereocenters. The van der Waals surface area contributed by atoms with Crippen molar-refractivity contribution >= 4 is 16.9 Å². The van der Waals surface area contributed by atoms with Gasteiger partial charge in [-0.1, -0.05) is 25.1 Å². The van der Waals surface area contributed by atoms with E-state index in [4.69, 9.17) is 9.52 Å². The summed E-state index contributed by atoms with van der Waals surface area (Å²) in [4.78, 5) is 12.2. The predicted octanol–water partition coefficient (Wildman–Crippen LogP) is 2.71. The average molecular weight is 261 g/mol. The van der Waals surface area contributed by atoms with Gasteiger partial charge in [0.2, 0.25) is 0 Å². The van der Waals surface area contributed by atoms with Crippen LogP contribution in [0.3, 0.4) is 0 Å². The lowest BCUT2D eigenvalue weighted by Gasteiger charge is -2.28. The van der Waals surface area contributed by atoms with Crippen LogP contribution in [0.15, 0.2) is 34.7 Å². The van der Waals surface area contributed by atoms with E-state index in [0.717, 1.165) is 11.8 Å². The molecule has 102 valence electrons. The van der Waals surface area contributed by atoms with Crippen LogP contribution >= 0.6 is 0 Å². The van der Waals surface area contributed by atoms with Crippen LogP contribution in [0.5, 0.6) is 0 Å². The molecule has 1 heterocycles. The summed E-state index contributed by atoms with van der Waals surface area (Å²) in [6.07, 6.45) is 1.27. The normalized spacial score (nSPS) is 14.3. The van der Waals surface area contributed by atoms with Gasteiger partial charge in [0, 0.05) is 17.5 Å². The third kappa shape index (κ3) is 2.96. The van der Waals surface area contributed by atoms with Crippen molar-refractivity contribution < 1.29 is 14.3 Å². The molecule has 0 aliphatic heterocycles. The fourth-order valence-corrected chi connectivity index (χ4v) is 2.00. The van der Waals surface area contributed by atoms with E-state index in [1.165, 1.54) is 0 Å². The first-order valence-corrected chi connectivity index (χ1v) is 6.50. The fraction of sp³-hybridized carbons (Fsp3) is 0.400. The van der Waals surface area contributed by atoms with Crippen LogP contribution in [-0.2, 0) is 0 Å². The first-order chi connectivity index (χ1) is 9.08. The van der Waals surface area contributed by atoms with Gasteiger partial charge in [-0.15, -0.1) is 0 Å². The maximum atomic E-state index is 12.2. The summed E-state index contributed by atoms with van der Waals surface area (Å²) >= 11 is 0. The Kier molecular flexibility index (Phi) is 3.90. The second-order valence-electron chi connectivity index (χ2n) is 4.99. The van der Waals surface area contributed by atoms with Crippen molar-refractivity contribution in [3.05, 3.63) is 36.1 Å². The minimum atomic E-state index is -0.412. The van der Waals surface area contributed by atoms with Gasteiger partial charge in [0.25, 0.3) is 5.91 Å². The molecule has 19 heavy (non-hydrogen) atoms. The first-order valence-electron chi connectivity index (χ1n) is 6.50. The summed E-state index contributed by atoms with van der Waals surface area (Å²) in [5, 5.41) is 12.9. The number of nitrogens with one attached hydrogen (secondary N) is 1. The SMILES string of the molecule is CC[C@](C)(CCO)NC(=O)c1cc2ccccc2o1. The van der Waals surface area contributed by atoms with E-state index in [2.05, 4.69) is 5.32 Å². The van der Waals surface area contributed by atoms with Crippen molar-refractivity contribution in [2.24, 2.45) is 0 Å². The third-order valence-electron chi connectivity index (χ3n) is 3.51. The van der Waals surface area contributed by atoms with Crippen molar-refractivity contribution in [3.63, 3.8) is 0 Å². The van der Waals surface area contributed by atoms with E-state index in [-0.39, 0.29) is 12.5 Å². The zero-order valence-electron chi connectivity index (χ0n) is 11.3. The zero-order valence-corrected chi connectivity index (χ0v) is 11.3. The lowest BCUT2D eigenvalue weighted by molar-refractivity contribution is 0.0860. The predicted molar refractivity (Wildman–Crippen MR) is 74.1 cm³/mol. The Morgan fingerprint density at radius 3 is 2.79 bits per heavy atom. The molecule has 0 saturated carbocycles. The van der Waals surface area contributed by atoms with E-state index in [9.17, 15) is 4.79 Å². The molecular formula is C15H19NO3. The second kappa shape index (κ2) is 5.45. The molecule has 1 aromatic carbocycles. The molecule has 0 saturated heterocycles. The van der Waals surface area contributed by atoms with Gasteiger partial charge in [-0.05, 0) is 31.9 Å². The van der Waals surface area contributed by atoms with Crippen LogP contribution in [0, 0.1) is 0 Å². The number of para-hydroxylation sites is 1. The minimum absolute atomic E-state index is 0.0464. The van der Waals surface area contributed by atoms with Gasteiger partial charge in [0.15, 0.2) is 5.76 Å². The highest BCUT2D eigenvalue weighted by atomic mass is 16.3. The molecule has 1 aromatic heterocycles. The number of hydrogen-bond donors (Lipinski definition) is 2. The number of aliphatic hydroxyl groups is 1. The van der Waals surface area contributed by atoms with E-state index in [1.807, 2.05) is 38.1 Å². The van der Waals surface area contributed by atoms with Crippen molar-refractivity contribution in [1.29, 1.82) is 0 Å². The zero-order chi connectivity index (χ0) is 13.9. The van der Waals surface area contributed by atoms with Crippen molar-refractivity contribution in [1.82, 2.24) is 5.32 Å². The number of rotatable bonds is 5. The Bertz CT molecular complexity index is 543. The lowest BCUT2D eigenvalue weighted by Crippen LogP contribution is -2.46. The smallest absolute Gasteiger partial charge is 0.287 e. The molecule has 2 aromatic rings. The monoisotopic (exact) mass is 261 g/mol. The van der Waals surface area contributed by atoms with Crippen LogP contribution in [0.2, 0.25) is 0 Å². The summed E-state index contributed by atoms with van der Waals surface area (Å²) in [6.45, 7) is 3.95. The van der Waals surface area contributed by atoms with Crippen LogP contribution in [0.1, 0.15) is 37.2 Å². The maximum Gasteiger partial charge on any atom is 0.287 e. The Balaban J connectivity index is 2.19. The highest BCUT2D eigenvalue weighted by molar-refractivity contribution is 5.96. The Hall–Kier alpha value is -1.81. The van der Waals surface area contributed by atoms with E-state index < -0.39 is 5.54 Å². The summed E-state index contributed by atoms with van der Waals surface area (Å²) < 4.78 is 5.52. The summed E-state index contributed by atoms with van der Waals surface area (Å²) in [7, 11) is 0. The van der Waals surface area contributed by atoms with Gasteiger partial charge in [-0.3, -0.25) is 4.79 Å². The van der Waals surface area contributed by atoms with Gasteiger partial charge in [-0.2, -0.15) is 0 Å². The van der Waals surface area contributed by atoms with Gasteiger partial charge < -0.3 is 14.8 Å². The highest BCUT2D eigenvalue weighted by Gasteiger charge is 2.25. The number of hydrogen-bond acceptors (Lipinski definition) is 3. The largest absolute Gasteiger partial charge is 0.451 e. The maximum absolute atomic E-state index is 12.2. The molecule has 0 fully saturated rings. The summed E-state index contributed by atoms with van der Waals surface area (Å²) in [5.74, 6) is 0.0628. The average Bonchev–Trinajstić information content (AvgIpc) is 2.83. The van der Waals surface area contributed by atoms with Crippen LogP contribution in [0.4, 0.5) is 0 Å². The second-order valence-corrected chi connectivity index (χ2v) is 4.99. The van der Waals surface area contributed by atoms with Crippen LogP contribution < -0.4 is 5.32 Å². The van der Waals surface area contributed by atoms with Crippen LogP contribution in [-0.4, -0.2) is 23.2 Å². The molecule has 4 nitrogen and oxygen atoms in total. The standard InChI is InChI=1S/C15H19NO3/c1-3-15(2,8-9-17)16-14(18)13-10-11-6-4-5-7-12(11)19-13/h4-7,10,17H,3,8-9H2,1-2H3,(H,16,18)/t15-/m1/s1. The topological polar surface area (TPSA) is 62.5 Å².